The summed E-state index contributed by atoms with van der Waals surface area (Å²) in [7, 11) is 4.97. The first-order valence-corrected chi connectivity index (χ1v) is 9.40. The van der Waals surface area contributed by atoms with Gasteiger partial charge in [-0.05, 0) is 37.1 Å². The molecule has 1 aliphatic heterocycles. The van der Waals surface area contributed by atoms with E-state index >= 15 is 0 Å². The molecule has 0 atom stereocenters. The van der Waals surface area contributed by atoms with E-state index in [1.54, 1.807) is 21.3 Å². The fourth-order valence-electron chi connectivity index (χ4n) is 3.75. The van der Waals surface area contributed by atoms with Gasteiger partial charge in [-0.3, -0.25) is 4.90 Å². The van der Waals surface area contributed by atoms with Crippen molar-refractivity contribution in [2.75, 3.05) is 52.4 Å². The van der Waals surface area contributed by atoms with Gasteiger partial charge in [-0.2, -0.15) is 0 Å². The van der Waals surface area contributed by atoms with Crippen LogP contribution in [0.3, 0.4) is 0 Å². The zero-order chi connectivity index (χ0) is 19.4. The van der Waals surface area contributed by atoms with Crippen molar-refractivity contribution in [2.45, 2.75) is 20.4 Å². The van der Waals surface area contributed by atoms with E-state index in [1.807, 2.05) is 6.07 Å². The maximum atomic E-state index is 5.63. The number of aryl methyl sites for hydroxylation is 1. The Bertz CT molecular complexity index is 783. The number of piperazine rings is 1. The molecule has 27 heavy (non-hydrogen) atoms. The minimum atomic E-state index is 0.659. The average molecular weight is 370 g/mol. The molecule has 1 aliphatic rings. The first-order valence-electron chi connectivity index (χ1n) is 9.40. The van der Waals surface area contributed by atoms with Crippen LogP contribution >= 0.6 is 0 Å². The molecule has 0 amide bonds. The second-order valence-electron chi connectivity index (χ2n) is 6.98. The third-order valence-corrected chi connectivity index (χ3v) is 5.47. The maximum absolute atomic E-state index is 5.63. The topological polar surface area (TPSA) is 34.2 Å². The number of benzene rings is 2. The van der Waals surface area contributed by atoms with E-state index in [0.29, 0.717) is 11.5 Å². The predicted octanol–water partition coefficient (Wildman–Crippen LogP) is 3.65. The van der Waals surface area contributed by atoms with Gasteiger partial charge in [0.25, 0.3) is 0 Å². The summed E-state index contributed by atoms with van der Waals surface area (Å²) in [6.07, 6.45) is 0. The van der Waals surface area contributed by atoms with Crippen LogP contribution in [0.2, 0.25) is 0 Å². The average Bonchev–Trinajstić information content (AvgIpc) is 2.70. The predicted molar refractivity (Wildman–Crippen MR) is 110 cm³/mol. The van der Waals surface area contributed by atoms with Crippen LogP contribution in [0, 0.1) is 13.8 Å². The number of rotatable bonds is 6. The number of methoxy groups -OCH3 is 3. The Morgan fingerprint density at radius 2 is 1.52 bits per heavy atom. The molecule has 1 saturated heterocycles. The van der Waals surface area contributed by atoms with E-state index in [4.69, 9.17) is 14.2 Å². The summed E-state index contributed by atoms with van der Waals surface area (Å²) in [5.41, 5.74) is 5.21. The number of hydrogen-bond donors (Lipinski definition) is 0. The molecule has 0 radical (unpaired) electrons. The Labute approximate surface area is 162 Å². The largest absolute Gasteiger partial charge is 0.493 e. The van der Waals surface area contributed by atoms with Crippen LogP contribution in [0.5, 0.6) is 17.2 Å². The summed E-state index contributed by atoms with van der Waals surface area (Å²) in [5, 5.41) is 0. The van der Waals surface area contributed by atoms with Crippen LogP contribution < -0.4 is 19.1 Å². The smallest absolute Gasteiger partial charge is 0.203 e. The summed E-state index contributed by atoms with van der Waals surface area (Å²) < 4.78 is 16.5. The number of nitrogens with zero attached hydrogens (tertiary/aromatic N) is 2. The van der Waals surface area contributed by atoms with E-state index in [-0.39, 0.29) is 0 Å². The van der Waals surface area contributed by atoms with Gasteiger partial charge in [0, 0.05) is 44.0 Å². The van der Waals surface area contributed by atoms with Crippen molar-refractivity contribution < 1.29 is 14.2 Å². The van der Waals surface area contributed by atoms with Crippen LogP contribution in [0.25, 0.3) is 0 Å². The number of hydrogen-bond acceptors (Lipinski definition) is 5. The van der Waals surface area contributed by atoms with Gasteiger partial charge < -0.3 is 19.1 Å². The zero-order valence-electron chi connectivity index (χ0n) is 17.0. The van der Waals surface area contributed by atoms with Crippen LogP contribution in [0.1, 0.15) is 16.7 Å². The van der Waals surface area contributed by atoms with Crippen LogP contribution in [0.15, 0.2) is 30.3 Å². The van der Waals surface area contributed by atoms with Crippen LogP contribution in [-0.4, -0.2) is 52.4 Å². The highest BCUT2D eigenvalue weighted by Crippen LogP contribution is 2.40. The second-order valence-corrected chi connectivity index (χ2v) is 6.98. The lowest BCUT2D eigenvalue weighted by atomic mass is 10.1. The fraction of sp³-hybridized carbons (Fsp3) is 0.455. The standard InChI is InChI=1S/C22H30N2O3/c1-16-7-6-8-19(17(16)2)24-13-11-23(12-14-24)15-18-9-10-20(25-3)22(27-5)21(18)26-4/h6-10H,11-15H2,1-5H3. The van der Waals surface area contributed by atoms with Crippen molar-refractivity contribution in [1.82, 2.24) is 4.90 Å². The third-order valence-electron chi connectivity index (χ3n) is 5.47. The zero-order valence-corrected chi connectivity index (χ0v) is 17.0. The van der Waals surface area contributed by atoms with Gasteiger partial charge in [-0.15, -0.1) is 0 Å². The Hall–Kier alpha value is -2.40. The molecule has 0 spiro atoms. The monoisotopic (exact) mass is 370 g/mol. The Kier molecular flexibility index (Phi) is 6.11. The molecule has 0 N–H and O–H groups in total. The van der Waals surface area contributed by atoms with Crippen molar-refractivity contribution in [2.24, 2.45) is 0 Å². The summed E-state index contributed by atoms with van der Waals surface area (Å²) >= 11 is 0. The molecule has 3 rings (SSSR count). The minimum Gasteiger partial charge on any atom is -0.493 e. The lowest BCUT2D eigenvalue weighted by Gasteiger charge is -2.37. The molecule has 0 aliphatic carbocycles. The van der Waals surface area contributed by atoms with Gasteiger partial charge in [0.2, 0.25) is 5.75 Å². The number of ether oxygens (including phenoxy) is 3. The normalized spacial score (nSPS) is 14.9. The summed E-state index contributed by atoms with van der Waals surface area (Å²) in [5.74, 6) is 2.11. The van der Waals surface area contributed by atoms with E-state index in [9.17, 15) is 0 Å². The van der Waals surface area contributed by atoms with Gasteiger partial charge >= 0.3 is 0 Å². The number of anilines is 1. The highest BCUT2D eigenvalue weighted by Gasteiger charge is 2.22. The van der Waals surface area contributed by atoms with Crippen molar-refractivity contribution in [3.8, 4) is 17.2 Å². The first kappa shape index (κ1) is 19.4. The maximum Gasteiger partial charge on any atom is 0.203 e. The third kappa shape index (κ3) is 3.98. The first-order chi connectivity index (χ1) is 13.1. The summed E-state index contributed by atoms with van der Waals surface area (Å²) in [6, 6.07) is 10.6. The Morgan fingerprint density at radius 3 is 2.15 bits per heavy atom. The SMILES string of the molecule is COc1ccc(CN2CCN(c3cccc(C)c3C)CC2)c(OC)c1OC. The molecular formula is C22H30N2O3. The van der Waals surface area contributed by atoms with E-state index in [1.165, 1.54) is 16.8 Å². The molecule has 2 aromatic carbocycles. The molecule has 0 bridgehead atoms. The Morgan fingerprint density at radius 1 is 0.815 bits per heavy atom. The fourth-order valence-corrected chi connectivity index (χ4v) is 3.75. The molecule has 0 aromatic heterocycles. The van der Waals surface area contributed by atoms with Gasteiger partial charge in [-0.25, -0.2) is 0 Å². The molecule has 2 aromatic rings. The molecule has 5 nitrogen and oxygen atoms in total. The van der Waals surface area contributed by atoms with Crippen molar-refractivity contribution in [3.05, 3.63) is 47.0 Å². The van der Waals surface area contributed by atoms with Crippen molar-refractivity contribution in [1.29, 1.82) is 0 Å². The molecule has 5 heteroatoms. The molecule has 0 saturated carbocycles. The highest BCUT2D eigenvalue weighted by atomic mass is 16.5. The molecule has 1 fully saturated rings. The van der Waals surface area contributed by atoms with Crippen LogP contribution in [-0.2, 0) is 6.54 Å². The highest BCUT2D eigenvalue weighted by molar-refractivity contribution is 5.57. The summed E-state index contributed by atoms with van der Waals surface area (Å²) in [4.78, 5) is 4.95. The van der Waals surface area contributed by atoms with Gasteiger partial charge in [0.1, 0.15) is 0 Å². The van der Waals surface area contributed by atoms with Gasteiger partial charge in [0.15, 0.2) is 11.5 Å². The van der Waals surface area contributed by atoms with Gasteiger partial charge in [-0.1, -0.05) is 18.2 Å². The molecule has 146 valence electrons. The van der Waals surface area contributed by atoms with Crippen molar-refractivity contribution in [3.63, 3.8) is 0 Å². The van der Waals surface area contributed by atoms with Crippen molar-refractivity contribution >= 4 is 5.69 Å². The van der Waals surface area contributed by atoms with Crippen LogP contribution in [0.4, 0.5) is 5.69 Å². The minimum absolute atomic E-state index is 0.659. The van der Waals surface area contributed by atoms with Gasteiger partial charge in [0.05, 0.1) is 21.3 Å². The summed E-state index contributed by atoms with van der Waals surface area (Å²) in [6.45, 7) is 9.32. The van der Waals surface area contributed by atoms with E-state index < -0.39 is 0 Å². The quantitative estimate of drug-likeness (QED) is 0.775. The second kappa shape index (κ2) is 8.53. The van der Waals surface area contributed by atoms with E-state index in [2.05, 4.69) is 47.9 Å². The lowest BCUT2D eigenvalue weighted by molar-refractivity contribution is 0.243. The molecular weight excluding hydrogens is 340 g/mol. The molecule has 1 heterocycles. The van der Waals surface area contributed by atoms with E-state index in [0.717, 1.165) is 44.0 Å². The Balaban J connectivity index is 1.70. The molecule has 0 unspecified atom stereocenters. The lowest BCUT2D eigenvalue weighted by Crippen LogP contribution is -2.46.